The maximum atomic E-state index is 11.6. The van der Waals surface area contributed by atoms with Crippen LogP contribution < -0.4 is 16.0 Å². The van der Waals surface area contributed by atoms with Crippen molar-refractivity contribution < 1.29 is 9.21 Å². The molecule has 0 saturated carbocycles. The third kappa shape index (κ3) is 8.03. The summed E-state index contributed by atoms with van der Waals surface area (Å²) < 4.78 is 5.12. The van der Waals surface area contributed by atoms with Crippen LogP contribution in [0.5, 0.6) is 0 Å². The Balaban J connectivity index is 0.00000361. The van der Waals surface area contributed by atoms with Gasteiger partial charge in [-0.2, -0.15) is 0 Å². The Labute approximate surface area is 136 Å². The van der Waals surface area contributed by atoms with Gasteiger partial charge in [0, 0.05) is 13.6 Å². The van der Waals surface area contributed by atoms with Crippen LogP contribution in [0.2, 0.25) is 0 Å². The normalized spacial score (nSPS) is 10.9. The fraction of sp³-hybridized carbons (Fsp3) is 0.538. The van der Waals surface area contributed by atoms with Gasteiger partial charge in [-0.15, -0.1) is 24.0 Å². The lowest BCUT2D eigenvalue weighted by molar-refractivity contribution is -0.120. The molecular formula is C13H23IN4O2. The summed E-state index contributed by atoms with van der Waals surface area (Å²) in [6, 6.07) is 3.61. The Bertz CT molecular complexity index is 405. The van der Waals surface area contributed by atoms with Crippen LogP contribution in [0, 0.1) is 5.92 Å². The number of aliphatic imine (C=N–C) groups is 1. The highest BCUT2D eigenvalue weighted by molar-refractivity contribution is 14.0. The molecule has 1 aromatic heterocycles. The quantitative estimate of drug-likeness (QED) is 0.387. The van der Waals surface area contributed by atoms with Crippen molar-refractivity contribution in [2.45, 2.75) is 20.4 Å². The molecule has 0 aliphatic rings. The molecule has 1 aromatic rings. The number of carbonyl (C=O) groups excluding carboxylic acids is 1. The smallest absolute Gasteiger partial charge is 0.239 e. The van der Waals surface area contributed by atoms with Crippen molar-refractivity contribution in [3.05, 3.63) is 24.2 Å². The summed E-state index contributed by atoms with van der Waals surface area (Å²) >= 11 is 0. The second-order valence-electron chi connectivity index (χ2n) is 4.56. The van der Waals surface area contributed by atoms with Gasteiger partial charge in [-0.05, 0) is 18.1 Å². The second kappa shape index (κ2) is 10.5. The second-order valence-corrected chi connectivity index (χ2v) is 4.56. The van der Waals surface area contributed by atoms with E-state index in [2.05, 4.69) is 34.8 Å². The first-order chi connectivity index (χ1) is 9.11. The minimum absolute atomic E-state index is 0. The maximum Gasteiger partial charge on any atom is 0.239 e. The van der Waals surface area contributed by atoms with Gasteiger partial charge in [-0.3, -0.25) is 9.79 Å². The minimum Gasteiger partial charge on any atom is -0.467 e. The summed E-state index contributed by atoms with van der Waals surface area (Å²) in [6.07, 6.45) is 1.58. The van der Waals surface area contributed by atoms with Crippen LogP contribution in [-0.2, 0) is 11.3 Å². The molecule has 3 N–H and O–H groups in total. The highest BCUT2D eigenvalue weighted by Crippen LogP contribution is 1.97. The van der Waals surface area contributed by atoms with Gasteiger partial charge in [0.2, 0.25) is 5.91 Å². The van der Waals surface area contributed by atoms with Gasteiger partial charge in [0.25, 0.3) is 0 Å². The van der Waals surface area contributed by atoms with Crippen molar-refractivity contribution in [2.24, 2.45) is 10.9 Å². The first kappa shape index (κ1) is 18.8. The number of nitrogens with zero attached hydrogens (tertiary/aromatic N) is 1. The van der Waals surface area contributed by atoms with E-state index in [1.54, 1.807) is 19.4 Å². The predicted molar refractivity (Wildman–Crippen MR) is 90.2 cm³/mol. The molecule has 0 radical (unpaired) electrons. The van der Waals surface area contributed by atoms with Gasteiger partial charge in [-0.1, -0.05) is 13.8 Å². The molecule has 7 heteroatoms. The maximum absolute atomic E-state index is 11.6. The van der Waals surface area contributed by atoms with Crippen LogP contribution in [0.25, 0.3) is 0 Å². The molecule has 1 rings (SSSR count). The van der Waals surface area contributed by atoms with E-state index in [9.17, 15) is 4.79 Å². The van der Waals surface area contributed by atoms with E-state index >= 15 is 0 Å². The molecule has 114 valence electrons. The SMILES string of the molecule is CN=C(NCC(=O)NCc1ccco1)NCC(C)C.I. The summed E-state index contributed by atoms with van der Waals surface area (Å²) in [5.74, 6) is 1.77. The van der Waals surface area contributed by atoms with Gasteiger partial charge in [0.05, 0.1) is 19.4 Å². The number of furan rings is 1. The number of halogens is 1. The third-order valence-electron chi connectivity index (χ3n) is 2.36. The summed E-state index contributed by atoms with van der Waals surface area (Å²) in [4.78, 5) is 15.6. The Hall–Kier alpha value is -1.25. The average molecular weight is 394 g/mol. The van der Waals surface area contributed by atoms with E-state index in [1.807, 2.05) is 6.07 Å². The van der Waals surface area contributed by atoms with E-state index in [1.165, 1.54) is 0 Å². The van der Waals surface area contributed by atoms with Crippen molar-refractivity contribution in [1.29, 1.82) is 0 Å². The Kier molecular flexibility index (Phi) is 9.87. The lowest BCUT2D eigenvalue weighted by atomic mass is 10.2. The van der Waals surface area contributed by atoms with E-state index in [0.29, 0.717) is 18.4 Å². The Morgan fingerprint density at radius 3 is 2.65 bits per heavy atom. The van der Waals surface area contributed by atoms with Gasteiger partial charge in [0.15, 0.2) is 5.96 Å². The van der Waals surface area contributed by atoms with Crippen molar-refractivity contribution in [3.8, 4) is 0 Å². The van der Waals surface area contributed by atoms with Gasteiger partial charge in [0.1, 0.15) is 5.76 Å². The fourth-order valence-electron chi connectivity index (χ4n) is 1.35. The van der Waals surface area contributed by atoms with Crippen LogP contribution in [-0.4, -0.2) is 32.0 Å². The largest absolute Gasteiger partial charge is 0.467 e. The molecule has 0 aromatic carbocycles. The van der Waals surface area contributed by atoms with Gasteiger partial charge in [-0.25, -0.2) is 0 Å². The average Bonchev–Trinajstić information content (AvgIpc) is 2.89. The minimum atomic E-state index is -0.108. The summed E-state index contributed by atoms with van der Waals surface area (Å²) in [5.41, 5.74) is 0. The number of rotatable bonds is 6. The standard InChI is InChI=1S/C13H22N4O2.HI/c1-10(2)7-16-13(14-3)17-9-12(18)15-8-11-5-4-6-19-11;/h4-6,10H,7-9H2,1-3H3,(H,15,18)(H2,14,16,17);1H. The van der Waals surface area contributed by atoms with Crippen molar-refractivity contribution in [3.63, 3.8) is 0 Å². The summed E-state index contributed by atoms with van der Waals surface area (Å²) in [5, 5.41) is 8.84. The molecule has 1 amide bonds. The number of carbonyl (C=O) groups is 1. The van der Waals surface area contributed by atoms with Crippen molar-refractivity contribution >= 4 is 35.8 Å². The molecule has 1 heterocycles. The lowest BCUT2D eigenvalue weighted by Gasteiger charge is -2.13. The Morgan fingerprint density at radius 2 is 2.10 bits per heavy atom. The van der Waals surface area contributed by atoms with E-state index in [0.717, 1.165) is 12.3 Å². The molecule has 0 bridgehead atoms. The highest BCUT2D eigenvalue weighted by Gasteiger charge is 2.04. The van der Waals surface area contributed by atoms with Crippen LogP contribution in [0.4, 0.5) is 0 Å². The molecule has 0 aliphatic heterocycles. The number of nitrogens with one attached hydrogen (secondary N) is 3. The zero-order valence-electron chi connectivity index (χ0n) is 12.1. The number of amides is 1. The van der Waals surface area contributed by atoms with Crippen LogP contribution in [0.1, 0.15) is 19.6 Å². The summed E-state index contributed by atoms with van der Waals surface area (Å²) in [7, 11) is 1.68. The van der Waals surface area contributed by atoms with E-state index in [-0.39, 0.29) is 36.4 Å². The zero-order valence-corrected chi connectivity index (χ0v) is 14.4. The third-order valence-corrected chi connectivity index (χ3v) is 2.36. The van der Waals surface area contributed by atoms with Crippen LogP contribution in [0.15, 0.2) is 27.8 Å². The highest BCUT2D eigenvalue weighted by atomic mass is 127. The van der Waals surface area contributed by atoms with Crippen molar-refractivity contribution in [1.82, 2.24) is 16.0 Å². The monoisotopic (exact) mass is 394 g/mol. The molecule has 6 nitrogen and oxygen atoms in total. The number of hydrogen-bond acceptors (Lipinski definition) is 3. The zero-order chi connectivity index (χ0) is 14.1. The molecule has 0 fully saturated rings. The first-order valence-electron chi connectivity index (χ1n) is 6.35. The van der Waals surface area contributed by atoms with Crippen LogP contribution in [0.3, 0.4) is 0 Å². The van der Waals surface area contributed by atoms with Gasteiger partial charge < -0.3 is 20.4 Å². The molecule has 0 aliphatic carbocycles. The predicted octanol–water partition coefficient (Wildman–Crippen LogP) is 1.33. The lowest BCUT2D eigenvalue weighted by Crippen LogP contribution is -2.43. The molecule has 0 unspecified atom stereocenters. The van der Waals surface area contributed by atoms with E-state index in [4.69, 9.17) is 4.42 Å². The summed E-state index contributed by atoms with van der Waals surface area (Å²) in [6.45, 7) is 5.60. The molecule has 0 saturated heterocycles. The topological polar surface area (TPSA) is 78.7 Å². The first-order valence-corrected chi connectivity index (χ1v) is 6.35. The van der Waals surface area contributed by atoms with Gasteiger partial charge >= 0.3 is 0 Å². The Morgan fingerprint density at radius 1 is 1.35 bits per heavy atom. The number of guanidine groups is 1. The molecule has 0 spiro atoms. The number of hydrogen-bond donors (Lipinski definition) is 3. The molecular weight excluding hydrogens is 371 g/mol. The molecule has 0 atom stereocenters. The fourth-order valence-corrected chi connectivity index (χ4v) is 1.35. The van der Waals surface area contributed by atoms with E-state index < -0.39 is 0 Å². The molecule has 20 heavy (non-hydrogen) atoms. The van der Waals surface area contributed by atoms with Crippen molar-refractivity contribution in [2.75, 3.05) is 20.1 Å². The van der Waals surface area contributed by atoms with Crippen LogP contribution >= 0.6 is 24.0 Å².